The lowest BCUT2D eigenvalue weighted by molar-refractivity contribution is 0.0453. The zero-order valence-corrected chi connectivity index (χ0v) is 49.1. The highest BCUT2D eigenvalue weighted by molar-refractivity contribution is 7.91. The van der Waals surface area contributed by atoms with Gasteiger partial charge >= 0.3 is 0 Å². The van der Waals surface area contributed by atoms with Crippen LogP contribution in [0.4, 0.5) is 11.4 Å². The average molecular weight is 1170 g/mol. The number of aryl methyl sites for hydroxylation is 2. The SMILES string of the molecule is C[C@@H]1/C=C/[C@H](O)[C@@H]2CC[C@H]2CN2C[C@@]3(CCCc4cc(Cl)ccc43)COc3ccc(cc32)C(=O)NS(=O)(=O)[C@H]1C.C[C@@H]1[C@@H](C)/C=C/[C@H](O)[C@@H]2CC[C@H]2CN2C[C@@]3(CCCc4cc(Cl)ccc43)COc3ccc(cc32)C(=O)NS1(=O)=O. The summed E-state index contributed by atoms with van der Waals surface area (Å²) < 4.78 is 69.9. The first-order chi connectivity index (χ1) is 38.1. The van der Waals surface area contributed by atoms with E-state index < -0.39 is 54.6 Å². The summed E-state index contributed by atoms with van der Waals surface area (Å²) >= 11 is 12.7. The van der Waals surface area contributed by atoms with Gasteiger partial charge in [-0.15, -0.1) is 0 Å². The largest absolute Gasteiger partial charge is 0.490 e. The first kappa shape index (κ1) is 56.7. The predicted octanol–water partition coefficient (Wildman–Crippen LogP) is 9.71. The molecule has 8 aliphatic rings. The van der Waals surface area contributed by atoms with Crippen LogP contribution in [0.3, 0.4) is 0 Å². The number of rotatable bonds is 0. The lowest BCUT2D eigenvalue weighted by Crippen LogP contribution is -2.49. The number of ether oxygens (including phenoxy) is 2. The van der Waals surface area contributed by atoms with E-state index in [0.29, 0.717) is 50.9 Å². The number of halogens is 2. The third kappa shape index (κ3) is 11.0. The van der Waals surface area contributed by atoms with Gasteiger partial charge in [-0.25, -0.2) is 26.3 Å². The number of amides is 2. The maximum absolute atomic E-state index is 13.2. The van der Waals surface area contributed by atoms with Crippen molar-refractivity contribution >= 4 is 66.4 Å². The smallest absolute Gasteiger partial charge is 0.264 e. The van der Waals surface area contributed by atoms with E-state index in [9.17, 15) is 36.6 Å². The topological polar surface area (TPSA) is 192 Å². The molecule has 4 aliphatic carbocycles. The molecule has 2 saturated carbocycles. The van der Waals surface area contributed by atoms with Gasteiger partial charge in [0.25, 0.3) is 11.8 Å². The van der Waals surface area contributed by atoms with E-state index in [1.165, 1.54) is 22.3 Å². The maximum Gasteiger partial charge on any atom is 0.264 e. The van der Waals surface area contributed by atoms with Gasteiger partial charge in [-0.2, -0.15) is 0 Å². The standard InChI is InChI=1S/2C31H37ClN2O5S/c2*1-19-5-11-28(35)25-9-6-23(25)16-34-17-31(13-3-4-21-14-24(32)8-10-26(21)31)18-39-29-12-7-22(15-27(29)34)30(36)33-40(37,38)20(19)2/h2*5,7-8,10-12,14-15,19-20,23,25,28,35H,3-4,6,9,13,16-18H2,1-2H3,(H,33,36)/b2*11-5+/t19-,20+,23+,25-,28+,31+;19-,20+,23-,25+,28-,31-/m10/s1. The molecular formula is C62H74Cl2N4O10S2. The Morgan fingerprint density at radius 1 is 0.562 bits per heavy atom. The first-order valence-corrected chi connectivity index (χ1v) is 32.4. The van der Waals surface area contributed by atoms with Crippen LogP contribution in [0.2, 0.25) is 10.0 Å². The molecule has 12 atom stereocenters. The monoisotopic (exact) mass is 1170 g/mol. The number of aliphatic hydroxyl groups is 2. The Morgan fingerprint density at radius 3 is 1.36 bits per heavy atom. The number of carbonyl (C=O) groups is 2. The Kier molecular flexibility index (Phi) is 15.8. The Morgan fingerprint density at radius 2 is 0.975 bits per heavy atom. The minimum Gasteiger partial charge on any atom is -0.490 e. The molecule has 428 valence electrons. The number of allylic oxidation sites excluding steroid dienone is 2. The van der Waals surface area contributed by atoms with Gasteiger partial charge in [0.2, 0.25) is 20.0 Å². The molecule has 4 aromatic carbocycles. The van der Waals surface area contributed by atoms with Crippen molar-refractivity contribution in [3.8, 4) is 11.5 Å². The second-order valence-corrected chi connectivity index (χ2v) is 29.4. The van der Waals surface area contributed by atoms with E-state index in [-0.39, 0.29) is 57.5 Å². The van der Waals surface area contributed by atoms with E-state index in [0.717, 1.165) is 85.6 Å². The molecule has 12 rings (SSSR count). The number of sulfonamides is 2. The van der Waals surface area contributed by atoms with Gasteiger partial charge in [0, 0.05) is 58.2 Å². The van der Waals surface area contributed by atoms with Crippen LogP contribution >= 0.6 is 23.2 Å². The van der Waals surface area contributed by atoms with E-state index in [1.54, 1.807) is 88.4 Å². The maximum atomic E-state index is 13.2. The third-order valence-corrected chi connectivity index (χ3v) is 23.7. The quantitative estimate of drug-likeness (QED) is 0.122. The van der Waals surface area contributed by atoms with Crippen LogP contribution in [0, 0.1) is 35.5 Å². The zero-order valence-electron chi connectivity index (χ0n) is 46.0. The molecule has 18 heteroatoms. The molecule has 4 N–H and O–H groups in total. The lowest BCUT2D eigenvalue weighted by atomic mass is 9.68. The molecule has 4 aliphatic heterocycles. The first-order valence-electron chi connectivity index (χ1n) is 28.6. The molecule has 2 fully saturated rings. The number of benzene rings is 4. The second kappa shape index (κ2) is 22.2. The molecule has 80 heavy (non-hydrogen) atoms. The summed E-state index contributed by atoms with van der Waals surface area (Å²) in [6.45, 7) is 10.6. The van der Waals surface area contributed by atoms with Crippen LogP contribution in [0.25, 0.3) is 0 Å². The highest BCUT2D eigenvalue weighted by Crippen LogP contribution is 2.49. The molecule has 0 unspecified atom stereocenters. The Bertz CT molecular complexity index is 3140. The van der Waals surface area contributed by atoms with Crippen molar-refractivity contribution in [3.63, 3.8) is 0 Å². The second-order valence-electron chi connectivity index (χ2n) is 24.4. The van der Waals surface area contributed by atoms with Crippen molar-refractivity contribution in [2.75, 3.05) is 49.2 Å². The number of aliphatic hydroxyl groups excluding tert-OH is 2. The van der Waals surface area contributed by atoms with E-state index in [4.69, 9.17) is 32.7 Å². The minimum atomic E-state index is -3.95. The molecule has 4 heterocycles. The van der Waals surface area contributed by atoms with Crippen molar-refractivity contribution in [2.45, 2.75) is 125 Å². The fraction of sp³-hybridized carbons (Fsp3) is 0.516. The average Bonchev–Trinajstić information content (AvgIpc) is 3.89. The van der Waals surface area contributed by atoms with Crippen molar-refractivity contribution in [1.29, 1.82) is 0 Å². The Labute approximate surface area is 481 Å². The molecule has 14 nitrogen and oxygen atoms in total. The summed E-state index contributed by atoms with van der Waals surface area (Å²) in [5, 5.41) is 22.0. The number of nitrogens with one attached hydrogen (secondary N) is 2. The molecule has 4 aromatic rings. The molecule has 0 saturated heterocycles. The number of hydrogen-bond acceptors (Lipinski definition) is 12. The number of anilines is 2. The summed E-state index contributed by atoms with van der Waals surface area (Å²) in [5.74, 6) is -0.00919. The summed E-state index contributed by atoms with van der Waals surface area (Å²) in [7, 11) is -7.89. The van der Waals surface area contributed by atoms with Gasteiger partial charge in [0.1, 0.15) is 11.5 Å². The molecule has 2 spiro atoms. The molecular weight excluding hydrogens is 1100 g/mol. The number of nitrogens with zero attached hydrogens (tertiary/aromatic N) is 2. The van der Waals surface area contributed by atoms with E-state index in [2.05, 4.69) is 43.5 Å². The van der Waals surface area contributed by atoms with Crippen LogP contribution in [0.1, 0.15) is 122 Å². The van der Waals surface area contributed by atoms with Gasteiger partial charge < -0.3 is 29.5 Å². The highest BCUT2D eigenvalue weighted by Gasteiger charge is 2.47. The van der Waals surface area contributed by atoms with Crippen LogP contribution in [0.15, 0.2) is 97.1 Å². The summed E-state index contributed by atoms with van der Waals surface area (Å²) in [6, 6.07) is 22.7. The van der Waals surface area contributed by atoms with Crippen molar-refractivity contribution < 1.29 is 46.1 Å². The minimum absolute atomic E-state index is 0.0875. The molecule has 0 radical (unpaired) electrons. The predicted molar refractivity (Wildman–Crippen MR) is 313 cm³/mol. The van der Waals surface area contributed by atoms with Gasteiger partial charge in [0.15, 0.2) is 0 Å². The van der Waals surface area contributed by atoms with Crippen LogP contribution in [-0.4, -0.2) is 101 Å². The van der Waals surface area contributed by atoms with E-state index >= 15 is 0 Å². The zero-order chi connectivity index (χ0) is 56.5. The fourth-order valence-corrected chi connectivity index (χ4v) is 16.7. The summed E-state index contributed by atoms with van der Waals surface area (Å²) in [6.07, 6.45) is 15.5. The molecule has 4 bridgehead atoms. The summed E-state index contributed by atoms with van der Waals surface area (Å²) in [5.41, 5.74) is 6.63. The third-order valence-electron chi connectivity index (χ3n) is 19.5. The number of carbonyl (C=O) groups excluding carboxylic acids is 2. The fourth-order valence-electron chi connectivity index (χ4n) is 13.9. The summed E-state index contributed by atoms with van der Waals surface area (Å²) in [4.78, 5) is 31.1. The Hall–Kier alpha value is -5.10. The molecule has 2 amide bonds. The van der Waals surface area contributed by atoms with Crippen LogP contribution < -0.4 is 28.7 Å². The Balaban J connectivity index is 0.000000169. The van der Waals surface area contributed by atoms with Gasteiger partial charge in [-0.1, -0.05) is 73.5 Å². The van der Waals surface area contributed by atoms with Gasteiger partial charge in [0.05, 0.1) is 47.3 Å². The normalized spacial score (nSPS) is 34.0. The molecule has 0 aromatic heterocycles. The van der Waals surface area contributed by atoms with Crippen molar-refractivity contribution in [1.82, 2.24) is 9.44 Å². The van der Waals surface area contributed by atoms with Crippen LogP contribution in [-0.2, 0) is 43.7 Å². The number of fused-ring (bicyclic) bond motifs is 8. The van der Waals surface area contributed by atoms with Crippen molar-refractivity contribution in [2.24, 2.45) is 35.5 Å². The lowest BCUT2D eigenvalue weighted by Gasteiger charge is -2.45. The van der Waals surface area contributed by atoms with E-state index in [1.807, 2.05) is 12.1 Å². The van der Waals surface area contributed by atoms with Crippen molar-refractivity contribution in [3.05, 3.63) is 141 Å². The van der Waals surface area contributed by atoms with Crippen LogP contribution in [0.5, 0.6) is 11.5 Å². The highest BCUT2D eigenvalue weighted by atomic mass is 35.5. The van der Waals surface area contributed by atoms with Gasteiger partial charge in [-0.05, 0) is 196 Å². The number of hydrogen-bond donors (Lipinski definition) is 4. The van der Waals surface area contributed by atoms with Gasteiger partial charge in [-0.3, -0.25) is 9.59 Å².